The zero-order chi connectivity index (χ0) is 13.5. The van der Waals surface area contributed by atoms with Gasteiger partial charge in [0.25, 0.3) is 0 Å². The fraction of sp³-hybridized carbons (Fsp3) is 0.733. The third-order valence-corrected chi connectivity index (χ3v) is 3.52. The zero-order valence-corrected chi connectivity index (χ0v) is 12.4. The highest BCUT2D eigenvalue weighted by atomic mass is 16.3. The zero-order valence-electron chi connectivity index (χ0n) is 12.4. The van der Waals surface area contributed by atoms with Gasteiger partial charge < -0.3 is 9.73 Å². The topological polar surface area (TPSA) is 28.4 Å². The first-order valence-corrected chi connectivity index (χ1v) is 6.94. The van der Waals surface area contributed by atoms with Crippen LogP contribution < -0.4 is 5.32 Å². The molecule has 0 saturated heterocycles. The molecule has 0 aliphatic heterocycles. The van der Waals surface area contributed by atoms with Crippen LogP contribution in [-0.4, -0.2) is 31.1 Å². The quantitative estimate of drug-likeness (QED) is 0.771. The molecule has 3 heteroatoms. The summed E-state index contributed by atoms with van der Waals surface area (Å²) in [7, 11) is 2.16. The van der Waals surface area contributed by atoms with E-state index in [1.807, 2.05) is 12.1 Å². The standard InChI is InChI=1S/C15H28N2O/c1-12(2)9-16-10-13(3)14(4)17(5)11-15-7-6-8-18-15/h6-8,12-14,16H,9-11H2,1-5H3. The van der Waals surface area contributed by atoms with Crippen molar-refractivity contribution >= 4 is 0 Å². The van der Waals surface area contributed by atoms with Crippen LogP contribution in [0.5, 0.6) is 0 Å². The van der Waals surface area contributed by atoms with E-state index >= 15 is 0 Å². The second kappa shape index (κ2) is 7.59. The molecule has 104 valence electrons. The van der Waals surface area contributed by atoms with Gasteiger partial charge in [0.15, 0.2) is 0 Å². The van der Waals surface area contributed by atoms with E-state index in [1.54, 1.807) is 6.26 Å². The van der Waals surface area contributed by atoms with Crippen molar-refractivity contribution < 1.29 is 4.42 Å². The SMILES string of the molecule is CC(C)CNCC(C)C(C)N(C)Cc1ccco1. The van der Waals surface area contributed by atoms with Gasteiger partial charge in [-0.15, -0.1) is 0 Å². The minimum atomic E-state index is 0.537. The molecule has 0 aliphatic rings. The van der Waals surface area contributed by atoms with E-state index in [0.717, 1.165) is 25.4 Å². The lowest BCUT2D eigenvalue weighted by Crippen LogP contribution is -2.39. The van der Waals surface area contributed by atoms with E-state index in [-0.39, 0.29) is 0 Å². The largest absolute Gasteiger partial charge is 0.468 e. The van der Waals surface area contributed by atoms with Gasteiger partial charge in [-0.05, 0) is 51.0 Å². The Kier molecular flexibility index (Phi) is 6.44. The van der Waals surface area contributed by atoms with Crippen LogP contribution in [0.3, 0.4) is 0 Å². The lowest BCUT2D eigenvalue weighted by Gasteiger charge is -2.29. The normalized spacial score (nSPS) is 15.3. The third-order valence-electron chi connectivity index (χ3n) is 3.52. The number of nitrogens with one attached hydrogen (secondary N) is 1. The summed E-state index contributed by atoms with van der Waals surface area (Å²) in [6.07, 6.45) is 1.74. The highest BCUT2D eigenvalue weighted by molar-refractivity contribution is 4.98. The summed E-state index contributed by atoms with van der Waals surface area (Å²) in [5.41, 5.74) is 0. The number of furan rings is 1. The molecule has 0 amide bonds. The molecule has 1 heterocycles. The predicted octanol–water partition coefficient (Wildman–Crippen LogP) is 2.98. The van der Waals surface area contributed by atoms with E-state index in [1.165, 1.54) is 0 Å². The van der Waals surface area contributed by atoms with Gasteiger partial charge in [-0.3, -0.25) is 4.90 Å². The number of hydrogen-bond acceptors (Lipinski definition) is 3. The smallest absolute Gasteiger partial charge is 0.117 e. The third kappa shape index (κ3) is 5.23. The molecule has 0 saturated carbocycles. The Bertz CT molecular complexity index is 308. The molecule has 2 unspecified atom stereocenters. The molecule has 1 aromatic heterocycles. The number of rotatable bonds is 8. The molecule has 1 N–H and O–H groups in total. The highest BCUT2D eigenvalue weighted by Gasteiger charge is 2.17. The van der Waals surface area contributed by atoms with Crippen LogP contribution in [0.2, 0.25) is 0 Å². The van der Waals surface area contributed by atoms with Crippen LogP contribution in [0.4, 0.5) is 0 Å². The molecule has 2 atom stereocenters. The molecule has 18 heavy (non-hydrogen) atoms. The monoisotopic (exact) mass is 252 g/mol. The van der Waals surface area contributed by atoms with Crippen LogP contribution in [0.25, 0.3) is 0 Å². The first kappa shape index (κ1) is 15.3. The van der Waals surface area contributed by atoms with E-state index in [9.17, 15) is 0 Å². The molecule has 0 aliphatic carbocycles. The maximum Gasteiger partial charge on any atom is 0.117 e. The molecule has 0 aromatic carbocycles. The van der Waals surface area contributed by atoms with Crippen molar-refractivity contribution in [1.29, 1.82) is 0 Å². The Balaban J connectivity index is 2.30. The van der Waals surface area contributed by atoms with Gasteiger partial charge in [-0.25, -0.2) is 0 Å². The molecule has 3 nitrogen and oxygen atoms in total. The maximum absolute atomic E-state index is 5.39. The van der Waals surface area contributed by atoms with E-state index in [2.05, 4.69) is 45.0 Å². The van der Waals surface area contributed by atoms with Crippen LogP contribution >= 0.6 is 0 Å². The Labute approximate surface area is 112 Å². The van der Waals surface area contributed by atoms with Gasteiger partial charge in [0.1, 0.15) is 5.76 Å². The van der Waals surface area contributed by atoms with Gasteiger partial charge in [0.05, 0.1) is 12.8 Å². The predicted molar refractivity (Wildman–Crippen MR) is 76.5 cm³/mol. The molecule has 1 rings (SSSR count). The van der Waals surface area contributed by atoms with Gasteiger partial charge in [-0.1, -0.05) is 20.8 Å². The highest BCUT2D eigenvalue weighted by Crippen LogP contribution is 2.12. The average molecular weight is 252 g/mol. The van der Waals surface area contributed by atoms with Gasteiger partial charge in [0, 0.05) is 6.04 Å². The molecular weight excluding hydrogens is 224 g/mol. The first-order chi connectivity index (χ1) is 8.50. The van der Waals surface area contributed by atoms with Crippen molar-refractivity contribution in [2.45, 2.75) is 40.3 Å². The second-order valence-corrected chi connectivity index (χ2v) is 5.76. The summed E-state index contributed by atoms with van der Waals surface area (Å²) in [5.74, 6) is 2.38. The summed E-state index contributed by atoms with van der Waals surface area (Å²) < 4.78 is 5.39. The number of hydrogen-bond donors (Lipinski definition) is 1. The van der Waals surface area contributed by atoms with Gasteiger partial charge >= 0.3 is 0 Å². The van der Waals surface area contributed by atoms with Crippen LogP contribution in [0.1, 0.15) is 33.5 Å². The lowest BCUT2D eigenvalue weighted by molar-refractivity contribution is 0.176. The average Bonchev–Trinajstić information content (AvgIpc) is 2.80. The van der Waals surface area contributed by atoms with Crippen molar-refractivity contribution in [1.82, 2.24) is 10.2 Å². The summed E-state index contributed by atoms with van der Waals surface area (Å²) in [5, 5.41) is 3.53. The second-order valence-electron chi connectivity index (χ2n) is 5.76. The molecule has 1 aromatic rings. The molecule has 0 spiro atoms. The first-order valence-electron chi connectivity index (χ1n) is 6.94. The Morgan fingerprint density at radius 1 is 1.22 bits per heavy atom. The molecular formula is C15H28N2O. The molecule has 0 fully saturated rings. The number of nitrogens with zero attached hydrogens (tertiary/aromatic N) is 1. The summed E-state index contributed by atoms with van der Waals surface area (Å²) in [4.78, 5) is 2.35. The Hall–Kier alpha value is -0.800. The van der Waals surface area contributed by atoms with Gasteiger partial charge in [0.2, 0.25) is 0 Å². The van der Waals surface area contributed by atoms with Crippen LogP contribution in [0, 0.1) is 11.8 Å². The van der Waals surface area contributed by atoms with Gasteiger partial charge in [-0.2, -0.15) is 0 Å². The van der Waals surface area contributed by atoms with E-state index < -0.39 is 0 Å². The van der Waals surface area contributed by atoms with E-state index in [0.29, 0.717) is 17.9 Å². The maximum atomic E-state index is 5.39. The summed E-state index contributed by atoms with van der Waals surface area (Å²) in [6, 6.07) is 4.52. The molecule has 0 radical (unpaired) electrons. The van der Waals surface area contributed by atoms with Crippen molar-refractivity contribution in [3.05, 3.63) is 24.2 Å². The van der Waals surface area contributed by atoms with Crippen molar-refractivity contribution in [3.8, 4) is 0 Å². The lowest BCUT2D eigenvalue weighted by atomic mass is 10.0. The Morgan fingerprint density at radius 2 is 1.94 bits per heavy atom. The summed E-state index contributed by atoms with van der Waals surface area (Å²) in [6.45, 7) is 12.1. The Morgan fingerprint density at radius 3 is 2.50 bits per heavy atom. The minimum Gasteiger partial charge on any atom is -0.468 e. The minimum absolute atomic E-state index is 0.537. The van der Waals surface area contributed by atoms with Crippen molar-refractivity contribution in [2.24, 2.45) is 11.8 Å². The fourth-order valence-corrected chi connectivity index (χ4v) is 2.00. The summed E-state index contributed by atoms with van der Waals surface area (Å²) >= 11 is 0. The molecule has 0 bridgehead atoms. The van der Waals surface area contributed by atoms with E-state index in [4.69, 9.17) is 4.42 Å². The fourth-order valence-electron chi connectivity index (χ4n) is 2.00. The van der Waals surface area contributed by atoms with Crippen LogP contribution in [-0.2, 0) is 6.54 Å². The van der Waals surface area contributed by atoms with Crippen molar-refractivity contribution in [2.75, 3.05) is 20.1 Å². The van der Waals surface area contributed by atoms with Crippen molar-refractivity contribution in [3.63, 3.8) is 0 Å². The van der Waals surface area contributed by atoms with Crippen LogP contribution in [0.15, 0.2) is 22.8 Å².